The molecule has 0 radical (unpaired) electrons. The average Bonchev–Trinajstić information content (AvgIpc) is 2.61. The lowest BCUT2D eigenvalue weighted by molar-refractivity contribution is -0.0755. The Labute approximate surface area is 148 Å². The van der Waals surface area contributed by atoms with Crippen LogP contribution in [0.15, 0.2) is 48.5 Å². The zero-order chi connectivity index (χ0) is 17.3. The molecule has 0 amide bonds. The molecule has 2 aliphatic heterocycles. The second-order valence-corrected chi connectivity index (χ2v) is 7.26. The predicted octanol–water partition coefficient (Wildman–Crippen LogP) is 2.65. The molecule has 25 heavy (non-hydrogen) atoms. The lowest BCUT2D eigenvalue weighted by Gasteiger charge is -2.45. The highest BCUT2D eigenvalue weighted by Crippen LogP contribution is 2.32. The first-order valence-corrected chi connectivity index (χ1v) is 8.80. The van der Waals surface area contributed by atoms with Crippen molar-refractivity contribution in [3.8, 4) is 17.2 Å². The van der Waals surface area contributed by atoms with E-state index in [9.17, 15) is 10.4 Å². The molecule has 2 saturated heterocycles. The normalized spacial score (nSPS) is 28.3. The minimum absolute atomic E-state index is 0.249. The third-order valence-corrected chi connectivity index (χ3v) is 5.21. The maximum atomic E-state index is 11.1. The molecule has 2 aromatic carbocycles. The van der Waals surface area contributed by atoms with Crippen molar-refractivity contribution in [2.45, 2.75) is 36.9 Å². The van der Waals surface area contributed by atoms with E-state index in [1.807, 2.05) is 36.4 Å². The Kier molecular flexibility index (Phi) is 4.30. The number of morpholine rings is 1. The van der Waals surface area contributed by atoms with E-state index in [2.05, 4.69) is 23.5 Å². The number of piperidine rings is 1. The summed E-state index contributed by atoms with van der Waals surface area (Å²) in [6.07, 6.45) is 2.10. The molecule has 128 valence electrons. The topological polar surface area (TPSA) is 65.3 Å². The van der Waals surface area contributed by atoms with Crippen LogP contribution in [0, 0.1) is 11.3 Å². The summed E-state index contributed by atoms with van der Waals surface area (Å²) in [6.45, 7) is 1.37. The molecule has 0 aromatic heterocycles. The van der Waals surface area contributed by atoms with Crippen molar-refractivity contribution >= 4 is 0 Å². The van der Waals surface area contributed by atoms with Crippen molar-refractivity contribution in [2.75, 3.05) is 13.2 Å². The SMILES string of the molecule is N#Cc1ccccc1-c1ccc(CC2(O)CC3COCC(C2)N3)cc1. The van der Waals surface area contributed by atoms with Gasteiger partial charge in [-0.1, -0.05) is 42.5 Å². The van der Waals surface area contributed by atoms with Crippen molar-refractivity contribution in [2.24, 2.45) is 0 Å². The van der Waals surface area contributed by atoms with Gasteiger partial charge in [-0.15, -0.1) is 0 Å². The van der Waals surface area contributed by atoms with E-state index in [4.69, 9.17) is 4.74 Å². The van der Waals surface area contributed by atoms with Crippen molar-refractivity contribution in [3.05, 3.63) is 59.7 Å². The van der Waals surface area contributed by atoms with Gasteiger partial charge in [0.25, 0.3) is 0 Å². The highest BCUT2D eigenvalue weighted by atomic mass is 16.5. The second-order valence-electron chi connectivity index (χ2n) is 7.26. The van der Waals surface area contributed by atoms with Crippen LogP contribution in [-0.4, -0.2) is 36.0 Å². The number of rotatable bonds is 3. The predicted molar refractivity (Wildman–Crippen MR) is 96.0 cm³/mol. The fraction of sp³-hybridized carbons (Fsp3) is 0.381. The largest absolute Gasteiger partial charge is 0.389 e. The number of fused-ring (bicyclic) bond motifs is 2. The number of hydrogen-bond acceptors (Lipinski definition) is 4. The van der Waals surface area contributed by atoms with Crippen LogP contribution >= 0.6 is 0 Å². The number of nitriles is 1. The molecule has 2 aromatic rings. The van der Waals surface area contributed by atoms with Crippen LogP contribution in [0.2, 0.25) is 0 Å². The molecule has 4 rings (SSSR count). The summed E-state index contributed by atoms with van der Waals surface area (Å²) >= 11 is 0. The Hall–Kier alpha value is -2.19. The number of ether oxygens (including phenoxy) is 1. The summed E-state index contributed by atoms with van der Waals surface area (Å²) < 4.78 is 5.57. The molecule has 2 atom stereocenters. The molecule has 4 nitrogen and oxygen atoms in total. The van der Waals surface area contributed by atoms with Gasteiger partial charge in [0, 0.05) is 18.5 Å². The van der Waals surface area contributed by atoms with E-state index in [0.717, 1.165) is 29.5 Å². The van der Waals surface area contributed by atoms with Gasteiger partial charge in [-0.2, -0.15) is 5.26 Å². The van der Waals surface area contributed by atoms with Crippen molar-refractivity contribution in [3.63, 3.8) is 0 Å². The van der Waals surface area contributed by atoms with E-state index >= 15 is 0 Å². The van der Waals surface area contributed by atoms with Gasteiger partial charge in [-0.25, -0.2) is 0 Å². The summed E-state index contributed by atoms with van der Waals surface area (Å²) in [7, 11) is 0. The van der Waals surface area contributed by atoms with E-state index in [1.165, 1.54) is 0 Å². The van der Waals surface area contributed by atoms with Crippen molar-refractivity contribution < 1.29 is 9.84 Å². The van der Waals surface area contributed by atoms with Crippen LogP contribution in [0.25, 0.3) is 11.1 Å². The van der Waals surface area contributed by atoms with Gasteiger partial charge in [-0.3, -0.25) is 0 Å². The number of nitrogens with zero attached hydrogens (tertiary/aromatic N) is 1. The van der Waals surface area contributed by atoms with Gasteiger partial charge in [0.05, 0.1) is 30.4 Å². The van der Waals surface area contributed by atoms with Crippen LogP contribution in [0.1, 0.15) is 24.0 Å². The van der Waals surface area contributed by atoms with Gasteiger partial charge in [0.1, 0.15) is 0 Å². The van der Waals surface area contributed by atoms with Crippen molar-refractivity contribution in [1.82, 2.24) is 5.32 Å². The maximum absolute atomic E-state index is 11.1. The highest BCUT2D eigenvalue weighted by molar-refractivity contribution is 5.70. The van der Waals surface area contributed by atoms with Gasteiger partial charge in [0.2, 0.25) is 0 Å². The van der Waals surface area contributed by atoms with Crippen LogP contribution in [0.3, 0.4) is 0 Å². The molecular formula is C21H22N2O2. The molecule has 2 bridgehead atoms. The molecule has 2 unspecified atom stereocenters. The first-order valence-electron chi connectivity index (χ1n) is 8.80. The molecule has 2 fully saturated rings. The fourth-order valence-electron chi connectivity index (χ4n) is 4.18. The van der Waals surface area contributed by atoms with E-state index in [1.54, 1.807) is 0 Å². The molecular weight excluding hydrogens is 312 g/mol. The van der Waals surface area contributed by atoms with Gasteiger partial charge >= 0.3 is 0 Å². The van der Waals surface area contributed by atoms with Crippen molar-refractivity contribution in [1.29, 1.82) is 5.26 Å². The molecule has 4 heteroatoms. The third kappa shape index (κ3) is 3.45. The first-order chi connectivity index (χ1) is 12.1. The van der Waals surface area contributed by atoms with E-state index in [0.29, 0.717) is 25.2 Å². The molecule has 2 heterocycles. The summed E-state index contributed by atoms with van der Waals surface area (Å²) in [6, 6.07) is 18.6. The van der Waals surface area contributed by atoms with Gasteiger partial charge in [-0.05, 0) is 35.6 Å². The second kappa shape index (κ2) is 6.61. The molecule has 0 saturated carbocycles. The van der Waals surface area contributed by atoms with Crippen LogP contribution in [0.5, 0.6) is 0 Å². The molecule has 0 aliphatic carbocycles. The number of nitrogens with one attached hydrogen (secondary N) is 1. The summed E-state index contributed by atoms with van der Waals surface area (Å²) in [4.78, 5) is 0. The quantitative estimate of drug-likeness (QED) is 0.906. The Balaban J connectivity index is 1.52. The number of benzene rings is 2. The average molecular weight is 334 g/mol. The molecule has 0 spiro atoms. The Morgan fingerprint density at radius 1 is 1.08 bits per heavy atom. The van der Waals surface area contributed by atoms with Gasteiger partial charge in [0.15, 0.2) is 0 Å². The summed E-state index contributed by atoms with van der Waals surface area (Å²) in [5.74, 6) is 0. The Bertz CT molecular complexity index is 782. The zero-order valence-electron chi connectivity index (χ0n) is 14.1. The minimum atomic E-state index is -0.670. The van der Waals surface area contributed by atoms with E-state index in [-0.39, 0.29) is 12.1 Å². The molecule has 2 N–H and O–H groups in total. The third-order valence-electron chi connectivity index (χ3n) is 5.21. The van der Waals surface area contributed by atoms with Gasteiger partial charge < -0.3 is 15.2 Å². The lowest BCUT2D eigenvalue weighted by Crippen LogP contribution is -2.60. The minimum Gasteiger partial charge on any atom is -0.389 e. The van der Waals surface area contributed by atoms with Crippen LogP contribution < -0.4 is 5.32 Å². The highest BCUT2D eigenvalue weighted by Gasteiger charge is 2.41. The molecule has 2 aliphatic rings. The first kappa shape index (κ1) is 16.3. The van der Waals surface area contributed by atoms with Crippen LogP contribution in [0.4, 0.5) is 0 Å². The zero-order valence-corrected chi connectivity index (χ0v) is 14.1. The monoisotopic (exact) mass is 334 g/mol. The maximum Gasteiger partial charge on any atom is 0.0998 e. The Morgan fingerprint density at radius 3 is 2.44 bits per heavy atom. The fourth-order valence-corrected chi connectivity index (χ4v) is 4.18. The van der Waals surface area contributed by atoms with Crippen LogP contribution in [-0.2, 0) is 11.2 Å². The lowest BCUT2D eigenvalue weighted by atomic mass is 9.79. The Morgan fingerprint density at radius 2 is 1.76 bits per heavy atom. The summed E-state index contributed by atoms with van der Waals surface area (Å²) in [5, 5.41) is 23.8. The van der Waals surface area contributed by atoms with E-state index < -0.39 is 5.60 Å². The smallest absolute Gasteiger partial charge is 0.0998 e. The summed E-state index contributed by atoms with van der Waals surface area (Å²) in [5.41, 5.74) is 3.12. The standard InChI is InChI=1S/C21H22N2O2/c22-12-17-3-1-2-4-20(17)16-7-5-15(6-8-16)9-21(24)10-18-13-25-14-19(11-21)23-18/h1-8,18-19,23-24H,9-11,13-14H2. The number of hydrogen-bond donors (Lipinski definition) is 2. The number of aliphatic hydroxyl groups is 1.